The molecule has 2 rings (SSSR count). The van der Waals surface area contributed by atoms with Gasteiger partial charge in [0, 0.05) is 13.1 Å². The lowest BCUT2D eigenvalue weighted by Gasteiger charge is -2.12. The number of hydrogen-bond acceptors (Lipinski definition) is 3. The Morgan fingerprint density at radius 1 is 0.950 bits per heavy atom. The normalized spacial score (nSPS) is 11.2. The van der Waals surface area contributed by atoms with Crippen molar-refractivity contribution < 1.29 is 8.42 Å². The molecule has 0 radical (unpaired) electrons. The van der Waals surface area contributed by atoms with E-state index in [1.165, 1.54) is 0 Å². The molecule has 5 heteroatoms. The maximum Gasteiger partial charge on any atom is 0.242 e. The fourth-order valence-corrected chi connectivity index (χ4v) is 3.09. The quantitative estimate of drug-likeness (QED) is 0.859. The first kappa shape index (κ1) is 14.6. The van der Waals surface area contributed by atoms with Gasteiger partial charge in [0.1, 0.15) is 4.90 Å². The molecule has 0 amide bonds. The largest absolute Gasteiger partial charge is 0.384 e. The Bertz CT molecular complexity index is 655. The fraction of sp³-hybridized carbons (Fsp3) is 0.200. The number of nitrogens with one attached hydrogen (secondary N) is 2. The summed E-state index contributed by atoms with van der Waals surface area (Å²) < 4.78 is 27.3. The zero-order valence-corrected chi connectivity index (χ0v) is 12.2. The molecule has 2 aromatic rings. The van der Waals surface area contributed by atoms with Crippen molar-refractivity contribution in [3.05, 3.63) is 60.2 Å². The van der Waals surface area contributed by atoms with Crippen molar-refractivity contribution in [2.75, 3.05) is 11.9 Å². The first-order valence-corrected chi connectivity index (χ1v) is 7.98. The number of hydrogen-bond donors (Lipinski definition) is 2. The van der Waals surface area contributed by atoms with Crippen molar-refractivity contribution in [2.45, 2.75) is 18.4 Å². The molecule has 2 aromatic carbocycles. The van der Waals surface area contributed by atoms with Crippen molar-refractivity contribution in [1.82, 2.24) is 4.72 Å². The molecule has 0 spiro atoms. The highest BCUT2D eigenvalue weighted by atomic mass is 32.2. The average Bonchev–Trinajstić information content (AvgIpc) is 2.47. The minimum absolute atomic E-state index is 0.276. The van der Waals surface area contributed by atoms with Crippen molar-refractivity contribution in [1.29, 1.82) is 0 Å². The second kappa shape index (κ2) is 6.54. The third kappa shape index (κ3) is 3.59. The highest BCUT2D eigenvalue weighted by Gasteiger charge is 2.17. The van der Waals surface area contributed by atoms with Crippen LogP contribution in [0.3, 0.4) is 0 Å². The molecule has 0 heterocycles. The maximum absolute atomic E-state index is 12.4. The lowest BCUT2D eigenvalue weighted by atomic mass is 10.2. The molecule has 20 heavy (non-hydrogen) atoms. The Morgan fingerprint density at radius 3 is 2.30 bits per heavy atom. The van der Waals surface area contributed by atoms with Crippen LogP contribution in [0.15, 0.2) is 59.5 Å². The number of benzene rings is 2. The van der Waals surface area contributed by atoms with Crippen LogP contribution in [0.1, 0.15) is 12.5 Å². The molecule has 0 saturated carbocycles. The van der Waals surface area contributed by atoms with Gasteiger partial charge in [-0.25, -0.2) is 13.1 Å². The van der Waals surface area contributed by atoms with Gasteiger partial charge in [-0.1, -0.05) is 42.5 Å². The number of rotatable bonds is 6. The summed E-state index contributed by atoms with van der Waals surface area (Å²) in [5.74, 6) is 0. The van der Waals surface area contributed by atoms with Gasteiger partial charge in [-0.3, -0.25) is 0 Å². The lowest BCUT2D eigenvalue weighted by molar-refractivity contribution is 0.581. The van der Waals surface area contributed by atoms with E-state index in [1.54, 1.807) is 18.2 Å². The Balaban J connectivity index is 2.18. The molecule has 0 aliphatic carbocycles. The van der Waals surface area contributed by atoms with Gasteiger partial charge < -0.3 is 5.32 Å². The zero-order chi connectivity index (χ0) is 14.4. The highest BCUT2D eigenvalue weighted by molar-refractivity contribution is 7.89. The third-order valence-electron chi connectivity index (χ3n) is 2.85. The smallest absolute Gasteiger partial charge is 0.242 e. The van der Waals surface area contributed by atoms with E-state index in [0.29, 0.717) is 12.2 Å². The van der Waals surface area contributed by atoms with Crippen LogP contribution in [0.4, 0.5) is 5.69 Å². The summed E-state index contributed by atoms with van der Waals surface area (Å²) in [6.07, 6.45) is 0. The van der Waals surface area contributed by atoms with Crippen LogP contribution in [0.5, 0.6) is 0 Å². The second-order valence-electron chi connectivity index (χ2n) is 4.34. The van der Waals surface area contributed by atoms with Crippen molar-refractivity contribution in [3.8, 4) is 0 Å². The first-order chi connectivity index (χ1) is 9.63. The minimum Gasteiger partial charge on any atom is -0.384 e. The highest BCUT2D eigenvalue weighted by Crippen LogP contribution is 2.20. The molecule has 0 aromatic heterocycles. The van der Waals surface area contributed by atoms with Crippen LogP contribution >= 0.6 is 0 Å². The summed E-state index contributed by atoms with van der Waals surface area (Å²) in [4.78, 5) is 0.276. The molecule has 0 saturated heterocycles. The van der Waals surface area contributed by atoms with E-state index in [1.807, 2.05) is 43.3 Å². The van der Waals surface area contributed by atoms with Crippen molar-refractivity contribution in [3.63, 3.8) is 0 Å². The number of anilines is 1. The predicted octanol–water partition coefficient (Wildman–Crippen LogP) is 2.60. The van der Waals surface area contributed by atoms with Crippen LogP contribution in [0.25, 0.3) is 0 Å². The van der Waals surface area contributed by atoms with E-state index in [2.05, 4.69) is 10.0 Å². The summed E-state index contributed by atoms with van der Waals surface area (Å²) in [5.41, 5.74) is 1.55. The van der Waals surface area contributed by atoms with Gasteiger partial charge >= 0.3 is 0 Å². The second-order valence-corrected chi connectivity index (χ2v) is 6.07. The van der Waals surface area contributed by atoms with Gasteiger partial charge in [-0.05, 0) is 24.6 Å². The minimum atomic E-state index is -3.52. The summed E-state index contributed by atoms with van der Waals surface area (Å²) in [5, 5.41) is 3.06. The summed E-state index contributed by atoms with van der Waals surface area (Å²) in [6.45, 7) is 2.88. The Hall–Kier alpha value is -1.85. The Kier molecular flexibility index (Phi) is 4.76. The van der Waals surface area contributed by atoms with Gasteiger partial charge in [0.25, 0.3) is 0 Å². The molecule has 4 nitrogen and oxygen atoms in total. The first-order valence-electron chi connectivity index (χ1n) is 6.50. The Morgan fingerprint density at radius 2 is 1.60 bits per heavy atom. The standard InChI is InChI=1S/C15H18N2O2S/c1-2-16-14-10-6-7-11-15(14)20(18,19)17-12-13-8-4-3-5-9-13/h3-11,16-17H,2,12H2,1H3. The zero-order valence-electron chi connectivity index (χ0n) is 11.3. The molecular weight excluding hydrogens is 272 g/mol. The monoisotopic (exact) mass is 290 g/mol. The van der Waals surface area contributed by atoms with E-state index in [4.69, 9.17) is 0 Å². The van der Waals surface area contributed by atoms with Crippen LogP contribution in [0.2, 0.25) is 0 Å². The molecule has 106 valence electrons. The van der Waals surface area contributed by atoms with Gasteiger partial charge in [-0.15, -0.1) is 0 Å². The molecule has 0 bridgehead atoms. The maximum atomic E-state index is 12.4. The summed E-state index contributed by atoms with van der Waals surface area (Å²) in [7, 11) is -3.52. The summed E-state index contributed by atoms with van der Waals surface area (Å²) >= 11 is 0. The number of para-hydroxylation sites is 1. The van der Waals surface area contributed by atoms with E-state index in [9.17, 15) is 8.42 Å². The molecule has 0 fully saturated rings. The molecule has 0 unspecified atom stereocenters. The van der Waals surface area contributed by atoms with Crippen LogP contribution in [-0.4, -0.2) is 15.0 Å². The van der Waals surface area contributed by atoms with Crippen LogP contribution in [0, 0.1) is 0 Å². The van der Waals surface area contributed by atoms with Crippen LogP contribution in [-0.2, 0) is 16.6 Å². The predicted molar refractivity (Wildman–Crippen MR) is 81.1 cm³/mol. The van der Waals surface area contributed by atoms with Crippen molar-refractivity contribution in [2.24, 2.45) is 0 Å². The van der Waals surface area contributed by atoms with E-state index in [0.717, 1.165) is 5.56 Å². The van der Waals surface area contributed by atoms with Crippen LogP contribution < -0.4 is 10.0 Å². The molecule has 2 N–H and O–H groups in total. The van der Waals surface area contributed by atoms with E-state index in [-0.39, 0.29) is 11.4 Å². The molecular formula is C15H18N2O2S. The Labute approximate surface area is 119 Å². The fourth-order valence-electron chi connectivity index (χ4n) is 1.89. The summed E-state index contributed by atoms with van der Waals surface area (Å²) in [6, 6.07) is 16.3. The van der Waals surface area contributed by atoms with Gasteiger partial charge in [0.05, 0.1) is 5.69 Å². The molecule has 0 atom stereocenters. The molecule has 0 aliphatic rings. The SMILES string of the molecule is CCNc1ccccc1S(=O)(=O)NCc1ccccc1. The van der Waals surface area contributed by atoms with Crippen molar-refractivity contribution >= 4 is 15.7 Å². The average molecular weight is 290 g/mol. The van der Waals surface area contributed by atoms with Gasteiger partial charge in [0.15, 0.2) is 0 Å². The third-order valence-corrected chi connectivity index (χ3v) is 4.31. The van der Waals surface area contributed by atoms with E-state index >= 15 is 0 Å². The number of sulfonamides is 1. The topological polar surface area (TPSA) is 58.2 Å². The van der Waals surface area contributed by atoms with Gasteiger partial charge in [-0.2, -0.15) is 0 Å². The van der Waals surface area contributed by atoms with Gasteiger partial charge in [0.2, 0.25) is 10.0 Å². The lowest BCUT2D eigenvalue weighted by Crippen LogP contribution is -2.24. The van der Waals surface area contributed by atoms with E-state index < -0.39 is 10.0 Å². The molecule has 0 aliphatic heterocycles.